The van der Waals surface area contributed by atoms with E-state index in [0.29, 0.717) is 12.8 Å². The second-order valence-electron chi connectivity index (χ2n) is 7.99. The first-order valence-corrected chi connectivity index (χ1v) is 10.9. The van der Waals surface area contributed by atoms with Crippen molar-refractivity contribution in [1.82, 2.24) is 21.3 Å². The lowest BCUT2D eigenvalue weighted by Crippen LogP contribution is -2.57. The van der Waals surface area contributed by atoms with Crippen molar-refractivity contribution in [2.75, 3.05) is 12.3 Å². The second-order valence-corrected chi connectivity index (χ2v) is 8.35. The number of amides is 4. The fraction of sp³-hybridized carbons (Fsp3) is 0.737. The molecule has 0 aromatic heterocycles. The van der Waals surface area contributed by atoms with E-state index in [2.05, 4.69) is 33.9 Å². The monoisotopic (exact) mass is 459 g/mol. The molecule has 4 atom stereocenters. The average molecular weight is 460 g/mol. The molecule has 0 radical (unpaired) electrons. The number of hydrogen-bond donors (Lipinski definition) is 7. The maximum absolute atomic E-state index is 12.9. The third-order valence-electron chi connectivity index (χ3n) is 4.83. The number of thiol groups is 1. The second kappa shape index (κ2) is 13.2. The molecule has 11 nitrogen and oxygen atoms in total. The van der Waals surface area contributed by atoms with E-state index in [4.69, 9.17) is 10.8 Å². The van der Waals surface area contributed by atoms with Crippen LogP contribution in [0.1, 0.15) is 46.0 Å². The van der Waals surface area contributed by atoms with Crippen molar-refractivity contribution >= 4 is 42.2 Å². The van der Waals surface area contributed by atoms with Crippen LogP contribution in [0.2, 0.25) is 0 Å². The summed E-state index contributed by atoms with van der Waals surface area (Å²) in [5, 5.41) is 19.7. The maximum Gasteiger partial charge on any atom is 0.327 e. The summed E-state index contributed by atoms with van der Waals surface area (Å²) in [6, 6.07) is -3.72. The Balaban J connectivity index is 2.90. The molecule has 176 valence electrons. The van der Waals surface area contributed by atoms with E-state index in [0.717, 1.165) is 13.0 Å². The Bertz CT molecular complexity index is 668. The molecule has 1 fully saturated rings. The molecule has 1 aliphatic rings. The van der Waals surface area contributed by atoms with Crippen LogP contribution in [0, 0.1) is 5.92 Å². The molecule has 0 spiro atoms. The van der Waals surface area contributed by atoms with Crippen molar-refractivity contribution in [2.45, 2.75) is 70.1 Å². The Morgan fingerprint density at radius 1 is 1.06 bits per heavy atom. The van der Waals surface area contributed by atoms with Gasteiger partial charge in [-0.25, -0.2) is 4.79 Å². The van der Waals surface area contributed by atoms with Crippen LogP contribution >= 0.6 is 12.6 Å². The Labute approximate surface area is 187 Å². The first-order chi connectivity index (χ1) is 14.5. The molecule has 0 aliphatic carbocycles. The van der Waals surface area contributed by atoms with Crippen LogP contribution in [0.4, 0.5) is 0 Å². The highest BCUT2D eigenvalue weighted by Crippen LogP contribution is 2.10. The van der Waals surface area contributed by atoms with E-state index in [1.807, 2.05) is 13.8 Å². The lowest BCUT2D eigenvalue weighted by atomic mass is 10.0. The van der Waals surface area contributed by atoms with Gasteiger partial charge in [-0.1, -0.05) is 13.8 Å². The smallest absolute Gasteiger partial charge is 0.327 e. The third kappa shape index (κ3) is 9.55. The van der Waals surface area contributed by atoms with Crippen LogP contribution in [0.25, 0.3) is 0 Å². The van der Waals surface area contributed by atoms with Gasteiger partial charge in [0, 0.05) is 12.2 Å². The number of rotatable bonds is 13. The van der Waals surface area contributed by atoms with Gasteiger partial charge in [0.25, 0.3) is 0 Å². The van der Waals surface area contributed by atoms with Crippen molar-refractivity contribution < 1.29 is 29.1 Å². The number of carboxylic acids is 1. The molecule has 12 heteroatoms. The highest BCUT2D eigenvalue weighted by Gasteiger charge is 2.31. The van der Waals surface area contributed by atoms with E-state index in [1.54, 1.807) is 0 Å². The summed E-state index contributed by atoms with van der Waals surface area (Å²) in [7, 11) is 0. The Morgan fingerprint density at radius 3 is 2.16 bits per heavy atom. The number of nitrogens with two attached hydrogens (primary N) is 1. The number of carbonyl (C=O) groups is 5. The van der Waals surface area contributed by atoms with E-state index in [9.17, 15) is 24.0 Å². The largest absolute Gasteiger partial charge is 0.480 e. The summed E-state index contributed by atoms with van der Waals surface area (Å²) < 4.78 is 0. The zero-order valence-corrected chi connectivity index (χ0v) is 18.7. The van der Waals surface area contributed by atoms with Crippen molar-refractivity contribution in [2.24, 2.45) is 11.7 Å². The highest BCUT2D eigenvalue weighted by atomic mass is 32.1. The lowest BCUT2D eigenvalue weighted by molar-refractivity contribution is -0.141. The number of primary amides is 1. The van der Waals surface area contributed by atoms with E-state index in [1.165, 1.54) is 0 Å². The van der Waals surface area contributed by atoms with E-state index >= 15 is 0 Å². The zero-order valence-electron chi connectivity index (χ0n) is 17.8. The number of carboxylic acid groups (broad SMARTS) is 1. The zero-order chi connectivity index (χ0) is 23.6. The molecule has 1 saturated heterocycles. The molecule has 7 N–H and O–H groups in total. The molecule has 4 amide bonds. The summed E-state index contributed by atoms with van der Waals surface area (Å²) in [6.45, 7) is 4.51. The van der Waals surface area contributed by atoms with Gasteiger partial charge >= 0.3 is 5.97 Å². The molecule has 4 unspecified atom stereocenters. The van der Waals surface area contributed by atoms with Crippen molar-refractivity contribution in [3.63, 3.8) is 0 Å². The Hall–Kier alpha value is -2.34. The molecule has 31 heavy (non-hydrogen) atoms. The first kappa shape index (κ1) is 26.7. The fourth-order valence-corrected chi connectivity index (χ4v) is 3.42. The first-order valence-electron chi connectivity index (χ1n) is 10.3. The van der Waals surface area contributed by atoms with Gasteiger partial charge in [-0.2, -0.15) is 12.6 Å². The van der Waals surface area contributed by atoms with Gasteiger partial charge in [0.2, 0.25) is 23.6 Å². The van der Waals surface area contributed by atoms with Gasteiger partial charge in [0.05, 0.1) is 6.04 Å². The molecule has 0 aromatic carbocycles. The quantitative estimate of drug-likeness (QED) is 0.164. The predicted molar refractivity (Wildman–Crippen MR) is 116 cm³/mol. The topological polar surface area (TPSA) is 180 Å². The summed E-state index contributed by atoms with van der Waals surface area (Å²) in [6.07, 6.45) is 1.57. The molecule has 0 saturated carbocycles. The number of aliphatic carboxylic acids is 1. The van der Waals surface area contributed by atoms with Crippen LogP contribution in [0.3, 0.4) is 0 Å². The van der Waals surface area contributed by atoms with Gasteiger partial charge in [-0.15, -0.1) is 0 Å². The maximum atomic E-state index is 12.9. The van der Waals surface area contributed by atoms with Crippen LogP contribution < -0.4 is 27.0 Å². The number of nitrogens with one attached hydrogen (secondary N) is 4. The Kier molecular flexibility index (Phi) is 11.3. The predicted octanol–water partition coefficient (Wildman–Crippen LogP) is -1.48. The average Bonchev–Trinajstić information content (AvgIpc) is 3.22. The molecule has 0 aromatic rings. The van der Waals surface area contributed by atoms with Crippen molar-refractivity contribution in [3.05, 3.63) is 0 Å². The summed E-state index contributed by atoms with van der Waals surface area (Å²) in [4.78, 5) is 60.3. The van der Waals surface area contributed by atoms with Crippen LogP contribution in [0.5, 0.6) is 0 Å². The molecule has 1 heterocycles. The summed E-state index contributed by atoms with van der Waals surface area (Å²) >= 11 is 3.89. The number of carbonyl (C=O) groups excluding carboxylic acids is 4. The van der Waals surface area contributed by atoms with Gasteiger partial charge in [0.15, 0.2) is 0 Å². The summed E-state index contributed by atoms with van der Waals surface area (Å²) in [5.74, 6) is -3.69. The fourth-order valence-electron chi connectivity index (χ4n) is 3.17. The van der Waals surface area contributed by atoms with Gasteiger partial charge < -0.3 is 32.1 Å². The molecule has 1 rings (SSSR count). The van der Waals surface area contributed by atoms with Crippen LogP contribution in [-0.2, 0) is 24.0 Å². The third-order valence-corrected chi connectivity index (χ3v) is 5.19. The van der Waals surface area contributed by atoms with E-state index in [-0.39, 0.29) is 36.5 Å². The van der Waals surface area contributed by atoms with Gasteiger partial charge in [-0.05, 0) is 38.1 Å². The molecule has 1 aliphatic heterocycles. The Morgan fingerprint density at radius 2 is 1.68 bits per heavy atom. The van der Waals surface area contributed by atoms with Gasteiger partial charge in [-0.3, -0.25) is 19.2 Å². The van der Waals surface area contributed by atoms with Crippen molar-refractivity contribution in [3.8, 4) is 0 Å². The van der Waals surface area contributed by atoms with Crippen molar-refractivity contribution in [1.29, 1.82) is 0 Å². The SMILES string of the molecule is CC(C)CC(NC(=O)C1CCCN1)C(=O)NC(CCC(N)=O)C(=O)NC(CS)C(=O)O. The molecular formula is C19H33N5O6S. The standard InChI is InChI=1S/C19H33N5O6S/c1-10(2)8-13(23-16(26)11-4-3-7-21-11)18(28)22-12(5-6-15(20)25)17(27)24-14(9-31)19(29)30/h10-14,21,31H,3-9H2,1-2H3,(H2,20,25)(H,22,28)(H,23,26)(H,24,27)(H,29,30). The van der Waals surface area contributed by atoms with E-state index < -0.39 is 41.8 Å². The normalized spacial score (nSPS) is 18.6. The van der Waals surface area contributed by atoms with Crippen LogP contribution in [0.15, 0.2) is 0 Å². The minimum absolute atomic E-state index is 0.0751. The highest BCUT2D eigenvalue weighted by molar-refractivity contribution is 7.80. The lowest BCUT2D eigenvalue weighted by Gasteiger charge is -2.25. The molecule has 0 bridgehead atoms. The number of hydrogen-bond acceptors (Lipinski definition) is 7. The van der Waals surface area contributed by atoms with Crippen LogP contribution in [-0.4, -0.2) is 71.2 Å². The molecular weight excluding hydrogens is 426 g/mol. The summed E-state index contributed by atoms with van der Waals surface area (Å²) in [5.41, 5.74) is 5.16. The minimum atomic E-state index is -1.28. The van der Waals surface area contributed by atoms with Gasteiger partial charge in [0.1, 0.15) is 18.1 Å². The minimum Gasteiger partial charge on any atom is -0.480 e.